The number of hydrogen-bond donors (Lipinski definition) is 1. The van der Waals surface area contributed by atoms with Gasteiger partial charge in [-0.25, -0.2) is 0 Å². The summed E-state index contributed by atoms with van der Waals surface area (Å²) >= 11 is 1.34. The molecular weight excluding hydrogens is 458 g/mol. The number of carbonyl (C=O) groups excluding carboxylic acids is 2. The van der Waals surface area contributed by atoms with Crippen molar-refractivity contribution in [2.75, 3.05) is 17.6 Å². The van der Waals surface area contributed by atoms with Gasteiger partial charge < -0.3 is 14.8 Å². The minimum absolute atomic E-state index is 0.0146. The molecule has 1 atom stereocenters. The van der Waals surface area contributed by atoms with Crippen LogP contribution in [0.15, 0.2) is 60.3 Å². The molecule has 2 amide bonds. The molecule has 1 aliphatic rings. The van der Waals surface area contributed by atoms with Crippen molar-refractivity contribution in [3.8, 4) is 0 Å². The lowest BCUT2D eigenvalue weighted by Gasteiger charge is -2.25. The van der Waals surface area contributed by atoms with Crippen LogP contribution in [-0.2, 0) is 11.3 Å². The molecule has 2 aromatic carbocycles. The summed E-state index contributed by atoms with van der Waals surface area (Å²) in [5.74, 6) is 0.853. The van der Waals surface area contributed by atoms with Gasteiger partial charge in [0, 0.05) is 24.3 Å². The van der Waals surface area contributed by atoms with Gasteiger partial charge in [-0.2, -0.15) is 0 Å². The summed E-state index contributed by atoms with van der Waals surface area (Å²) in [6.45, 7) is 11.1. The first-order valence-corrected chi connectivity index (χ1v) is 12.8. The van der Waals surface area contributed by atoms with Gasteiger partial charge in [-0.1, -0.05) is 42.1 Å². The monoisotopic (exact) mass is 489 g/mol. The van der Waals surface area contributed by atoms with Crippen LogP contribution in [-0.4, -0.2) is 43.8 Å². The van der Waals surface area contributed by atoms with Crippen LogP contribution in [0.25, 0.3) is 0 Å². The topological polar surface area (TPSA) is 80.1 Å². The molecule has 2 heterocycles. The number of thioether (sulfide) groups is 1. The van der Waals surface area contributed by atoms with Gasteiger partial charge in [0.15, 0.2) is 11.0 Å². The van der Waals surface area contributed by atoms with Crippen LogP contribution in [0.2, 0.25) is 0 Å². The minimum atomic E-state index is -0.159. The van der Waals surface area contributed by atoms with Crippen molar-refractivity contribution in [2.24, 2.45) is 0 Å². The molecule has 0 aliphatic carbocycles. The second-order valence-electron chi connectivity index (χ2n) is 8.85. The lowest BCUT2D eigenvalue weighted by molar-refractivity contribution is -0.113. The summed E-state index contributed by atoms with van der Waals surface area (Å²) in [7, 11) is 0. The van der Waals surface area contributed by atoms with Crippen molar-refractivity contribution in [3.63, 3.8) is 0 Å². The quantitative estimate of drug-likeness (QED) is 0.352. The number of hydrogen-bond acceptors (Lipinski definition) is 5. The third-order valence-electron chi connectivity index (χ3n) is 6.37. The third-order valence-corrected chi connectivity index (χ3v) is 7.33. The van der Waals surface area contributed by atoms with Crippen molar-refractivity contribution < 1.29 is 9.59 Å². The number of amides is 2. The number of nitrogens with zero attached hydrogens (tertiary/aromatic N) is 4. The van der Waals surface area contributed by atoms with E-state index in [1.54, 1.807) is 6.08 Å². The first-order chi connectivity index (χ1) is 16.9. The van der Waals surface area contributed by atoms with Gasteiger partial charge in [-0.3, -0.25) is 9.59 Å². The van der Waals surface area contributed by atoms with Crippen LogP contribution in [0.1, 0.15) is 51.8 Å². The second kappa shape index (κ2) is 10.9. The zero-order chi connectivity index (χ0) is 24.9. The van der Waals surface area contributed by atoms with Crippen LogP contribution < -0.4 is 5.32 Å². The number of anilines is 1. The van der Waals surface area contributed by atoms with E-state index in [9.17, 15) is 9.59 Å². The highest BCUT2D eigenvalue weighted by atomic mass is 32.2. The van der Waals surface area contributed by atoms with Crippen LogP contribution in [0.5, 0.6) is 0 Å². The van der Waals surface area contributed by atoms with Crippen molar-refractivity contribution in [2.45, 2.75) is 51.4 Å². The van der Waals surface area contributed by atoms with Gasteiger partial charge >= 0.3 is 0 Å². The molecule has 0 radical (unpaired) electrons. The molecule has 35 heavy (non-hydrogen) atoms. The highest BCUT2D eigenvalue weighted by Gasteiger charge is 2.35. The molecule has 7 nitrogen and oxygen atoms in total. The number of aromatic nitrogens is 3. The third kappa shape index (κ3) is 5.48. The zero-order valence-corrected chi connectivity index (χ0v) is 21.3. The van der Waals surface area contributed by atoms with Crippen molar-refractivity contribution in [3.05, 3.63) is 83.2 Å². The summed E-state index contributed by atoms with van der Waals surface area (Å²) in [4.78, 5) is 27.8. The van der Waals surface area contributed by atoms with Gasteiger partial charge in [0.05, 0.1) is 11.8 Å². The van der Waals surface area contributed by atoms with Crippen LogP contribution >= 0.6 is 11.8 Å². The Hall–Kier alpha value is -3.39. The van der Waals surface area contributed by atoms with Gasteiger partial charge in [-0.05, 0) is 68.5 Å². The highest BCUT2D eigenvalue weighted by molar-refractivity contribution is 7.99. The predicted octanol–water partition coefficient (Wildman–Crippen LogP) is 5.10. The van der Waals surface area contributed by atoms with E-state index in [0.717, 1.165) is 35.5 Å². The predicted molar refractivity (Wildman–Crippen MR) is 140 cm³/mol. The number of likely N-dealkylation sites (tertiary alicyclic amines) is 1. The lowest BCUT2D eigenvalue weighted by atomic mass is 10.1. The molecule has 1 aliphatic heterocycles. The number of benzene rings is 2. The number of carbonyl (C=O) groups is 2. The Bertz CT molecular complexity index is 1250. The number of nitrogens with one attached hydrogen (secondary N) is 1. The first kappa shape index (κ1) is 24.7. The van der Waals surface area contributed by atoms with E-state index in [4.69, 9.17) is 0 Å². The molecule has 0 saturated carbocycles. The Labute approximate surface area is 210 Å². The number of aryl methyl sites for hydroxylation is 3. The molecular formula is C27H31N5O2S. The van der Waals surface area contributed by atoms with Crippen LogP contribution in [0, 0.1) is 20.8 Å². The van der Waals surface area contributed by atoms with E-state index in [1.165, 1.54) is 17.3 Å². The molecule has 0 spiro atoms. The Morgan fingerprint density at radius 1 is 1.11 bits per heavy atom. The summed E-state index contributed by atoms with van der Waals surface area (Å²) in [5, 5.41) is 12.4. The van der Waals surface area contributed by atoms with E-state index in [2.05, 4.69) is 22.1 Å². The fourth-order valence-electron chi connectivity index (χ4n) is 4.35. The molecule has 1 fully saturated rings. The molecule has 1 aromatic heterocycles. The highest BCUT2D eigenvalue weighted by Crippen LogP contribution is 2.34. The van der Waals surface area contributed by atoms with E-state index in [0.29, 0.717) is 23.8 Å². The summed E-state index contributed by atoms with van der Waals surface area (Å²) in [6.07, 6.45) is 3.52. The first-order valence-electron chi connectivity index (χ1n) is 11.8. The standard InChI is InChI=1S/C27H31N5O2S/c1-5-14-32-25(23-11-8-15-31(23)26(34)22-10-7-6-9-19(22)3)29-30-27(32)35-17-24(33)28-21-13-12-18(2)20(4)16-21/h5-7,9-10,12-13,16,23H,1,8,11,14-15,17H2,2-4H3,(H,28,33). The Balaban J connectivity index is 1.49. The molecule has 4 rings (SSSR count). The van der Waals surface area contributed by atoms with Gasteiger partial charge in [0.25, 0.3) is 5.91 Å². The van der Waals surface area contributed by atoms with E-state index < -0.39 is 0 Å². The maximum absolute atomic E-state index is 13.4. The summed E-state index contributed by atoms with van der Waals surface area (Å²) < 4.78 is 1.97. The van der Waals surface area contributed by atoms with Crippen molar-refractivity contribution in [1.82, 2.24) is 19.7 Å². The van der Waals surface area contributed by atoms with E-state index >= 15 is 0 Å². The molecule has 1 saturated heterocycles. The smallest absolute Gasteiger partial charge is 0.254 e. The maximum Gasteiger partial charge on any atom is 0.254 e. The zero-order valence-electron chi connectivity index (χ0n) is 20.5. The molecule has 182 valence electrons. The molecule has 3 aromatic rings. The van der Waals surface area contributed by atoms with E-state index in [-0.39, 0.29) is 23.6 Å². The maximum atomic E-state index is 13.4. The molecule has 1 unspecified atom stereocenters. The Kier molecular flexibility index (Phi) is 7.70. The number of rotatable bonds is 8. The number of allylic oxidation sites excluding steroid dienone is 1. The van der Waals surface area contributed by atoms with Gasteiger partial charge in [-0.15, -0.1) is 16.8 Å². The van der Waals surface area contributed by atoms with Gasteiger partial charge in [0.2, 0.25) is 5.91 Å². The van der Waals surface area contributed by atoms with Crippen LogP contribution in [0.3, 0.4) is 0 Å². The average molecular weight is 490 g/mol. The fourth-order valence-corrected chi connectivity index (χ4v) is 5.10. The SMILES string of the molecule is C=CCn1c(SCC(=O)Nc2ccc(C)c(C)c2)nnc1C1CCCN1C(=O)c1ccccc1C. The summed E-state index contributed by atoms with van der Waals surface area (Å²) in [5.41, 5.74) is 4.77. The average Bonchev–Trinajstić information content (AvgIpc) is 3.47. The van der Waals surface area contributed by atoms with Crippen LogP contribution in [0.4, 0.5) is 5.69 Å². The van der Waals surface area contributed by atoms with E-state index in [1.807, 2.05) is 72.7 Å². The Morgan fingerprint density at radius 3 is 2.66 bits per heavy atom. The van der Waals surface area contributed by atoms with Crippen molar-refractivity contribution in [1.29, 1.82) is 0 Å². The molecule has 8 heteroatoms. The molecule has 1 N–H and O–H groups in total. The minimum Gasteiger partial charge on any atom is -0.328 e. The molecule has 0 bridgehead atoms. The van der Waals surface area contributed by atoms with Gasteiger partial charge in [0.1, 0.15) is 0 Å². The largest absolute Gasteiger partial charge is 0.328 e. The second-order valence-corrected chi connectivity index (χ2v) is 9.79. The summed E-state index contributed by atoms with van der Waals surface area (Å²) in [6, 6.07) is 13.4. The Morgan fingerprint density at radius 2 is 1.91 bits per heavy atom. The normalized spacial score (nSPS) is 15.3. The fraction of sp³-hybridized carbons (Fsp3) is 0.333. The lowest BCUT2D eigenvalue weighted by Crippen LogP contribution is -2.32. The van der Waals surface area contributed by atoms with Crippen molar-refractivity contribution >= 4 is 29.3 Å².